The van der Waals surface area contributed by atoms with E-state index in [-0.39, 0.29) is 5.56 Å². The van der Waals surface area contributed by atoms with Crippen LogP contribution < -0.4 is 10.4 Å². The predicted octanol–water partition coefficient (Wildman–Crippen LogP) is 3.24. The molecular formula is C24H27N5O2. The van der Waals surface area contributed by atoms with Crippen molar-refractivity contribution >= 4 is 22.6 Å². The number of nitrogens with zero attached hydrogens (tertiary/aromatic N) is 4. The Bertz CT molecular complexity index is 1080. The molecule has 1 aromatic heterocycles. The van der Waals surface area contributed by atoms with Gasteiger partial charge in [-0.05, 0) is 53.6 Å². The van der Waals surface area contributed by atoms with Gasteiger partial charge in [0.1, 0.15) is 0 Å². The summed E-state index contributed by atoms with van der Waals surface area (Å²) in [6.07, 6.45) is 6.41. The number of fused-ring (bicyclic) bond motifs is 1. The van der Waals surface area contributed by atoms with Crippen LogP contribution in [0.5, 0.6) is 0 Å². The number of nitrogens with one attached hydrogen (secondary N) is 1. The van der Waals surface area contributed by atoms with Gasteiger partial charge in [-0.25, -0.2) is 15.4 Å². The average molecular weight is 418 g/mol. The Morgan fingerprint density at radius 1 is 1.00 bits per heavy atom. The highest BCUT2D eigenvalue weighted by atomic mass is 16.5. The number of carbonyl (C=O) groups is 1. The van der Waals surface area contributed by atoms with Crippen molar-refractivity contribution in [3.8, 4) is 0 Å². The molecule has 2 saturated heterocycles. The highest BCUT2D eigenvalue weighted by Gasteiger charge is 2.40. The molecule has 1 amide bonds. The van der Waals surface area contributed by atoms with Gasteiger partial charge in [0.2, 0.25) is 5.95 Å². The first-order valence-electron chi connectivity index (χ1n) is 10.9. The van der Waals surface area contributed by atoms with E-state index in [4.69, 9.17) is 5.21 Å². The summed E-state index contributed by atoms with van der Waals surface area (Å²) in [5.74, 6) is 0.0527. The molecule has 3 aromatic rings. The monoisotopic (exact) mass is 417 g/mol. The van der Waals surface area contributed by atoms with Gasteiger partial charge >= 0.3 is 0 Å². The largest absolute Gasteiger partial charge is 0.341 e. The van der Waals surface area contributed by atoms with Crippen LogP contribution in [0.2, 0.25) is 0 Å². The molecule has 5 rings (SSSR count). The zero-order valence-electron chi connectivity index (χ0n) is 17.5. The second-order valence-electron chi connectivity index (χ2n) is 8.84. The minimum Gasteiger partial charge on any atom is -0.341 e. The van der Waals surface area contributed by atoms with Crippen LogP contribution in [0.4, 0.5) is 5.95 Å². The molecule has 7 heteroatoms. The highest BCUT2D eigenvalue weighted by Crippen LogP contribution is 2.41. The van der Waals surface area contributed by atoms with Crippen molar-refractivity contribution in [2.75, 3.05) is 31.1 Å². The quantitative estimate of drug-likeness (QED) is 0.501. The van der Waals surface area contributed by atoms with Crippen molar-refractivity contribution in [3.63, 3.8) is 0 Å². The molecule has 1 spiro atoms. The Labute approximate surface area is 181 Å². The van der Waals surface area contributed by atoms with Crippen LogP contribution in [0.3, 0.4) is 0 Å². The van der Waals surface area contributed by atoms with E-state index in [1.54, 1.807) is 5.48 Å². The van der Waals surface area contributed by atoms with E-state index >= 15 is 0 Å². The average Bonchev–Trinajstić information content (AvgIpc) is 3.20. The number of carbonyl (C=O) groups excluding carboxylic acids is 1. The molecule has 0 aliphatic carbocycles. The van der Waals surface area contributed by atoms with Crippen molar-refractivity contribution in [2.45, 2.75) is 25.8 Å². The zero-order chi connectivity index (χ0) is 21.3. The number of rotatable bonds is 4. The topological polar surface area (TPSA) is 81.6 Å². The third-order valence-electron chi connectivity index (χ3n) is 6.85. The number of benzene rings is 2. The SMILES string of the molecule is O=C(NO)c1cnc(N2CCC3(CCN(Cc4ccc5ccccc5c4)C3)CC2)nc1. The van der Waals surface area contributed by atoms with E-state index in [2.05, 4.69) is 62.2 Å². The number of amides is 1. The van der Waals surface area contributed by atoms with E-state index in [1.807, 2.05) is 0 Å². The Morgan fingerprint density at radius 2 is 1.71 bits per heavy atom. The molecule has 0 bridgehead atoms. The number of hydrogen-bond acceptors (Lipinski definition) is 6. The van der Waals surface area contributed by atoms with Crippen molar-refractivity contribution in [2.24, 2.45) is 5.41 Å². The van der Waals surface area contributed by atoms with Gasteiger partial charge in [-0.1, -0.05) is 36.4 Å². The summed E-state index contributed by atoms with van der Waals surface area (Å²) in [6, 6.07) is 15.3. The third-order valence-corrected chi connectivity index (χ3v) is 6.85. The summed E-state index contributed by atoms with van der Waals surface area (Å²) in [5, 5.41) is 11.3. The number of aromatic nitrogens is 2. The van der Waals surface area contributed by atoms with Crippen LogP contribution in [0.15, 0.2) is 54.9 Å². The molecule has 31 heavy (non-hydrogen) atoms. The normalized spacial score (nSPS) is 18.5. The summed E-state index contributed by atoms with van der Waals surface area (Å²) < 4.78 is 0. The van der Waals surface area contributed by atoms with E-state index in [0.717, 1.165) is 45.6 Å². The molecule has 7 nitrogen and oxygen atoms in total. The van der Waals surface area contributed by atoms with Crippen molar-refractivity contribution in [1.29, 1.82) is 0 Å². The molecule has 2 N–H and O–H groups in total. The first-order valence-corrected chi connectivity index (χ1v) is 10.9. The molecule has 0 saturated carbocycles. The molecular weight excluding hydrogens is 390 g/mol. The summed E-state index contributed by atoms with van der Waals surface area (Å²) in [4.78, 5) is 24.9. The molecule has 0 radical (unpaired) electrons. The molecule has 0 unspecified atom stereocenters. The van der Waals surface area contributed by atoms with Crippen LogP contribution in [-0.4, -0.2) is 52.2 Å². The lowest BCUT2D eigenvalue weighted by atomic mass is 9.78. The molecule has 2 aliphatic heterocycles. The molecule has 160 valence electrons. The van der Waals surface area contributed by atoms with Gasteiger partial charge in [0.05, 0.1) is 5.56 Å². The van der Waals surface area contributed by atoms with Crippen LogP contribution in [-0.2, 0) is 6.54 Å². The number of hydroxylamine groups is 1. The standard InChI is InChI=1S/C24H27N5O2/c30-22(27-31)21-14-25-23(26-15-21)29-11-8-24(9-12-29)7-10-28(17-24)16-18-5-6-19-3-1-2-4-20(19)13-18/h1-6,13-15,31H,7-12,16-17H2,(H,27,30). The fourth-order valence-corrected chi connectivity index (χ4v) is 5.01. The first kappa shape index (κ1) is 19.9. The molecule has 3 heterocycles. The van der Waals surface area contributed by atoms with E-state index in [1.165, 1.54) is 35.2 Å². The van der Waals surface area contributed by atoms with Crippen molar-refractivity contribution in [1.82, 2.24) is 20.3 Å². The van der Waals surface area contributed by atoms with Gasteiger partial charge < -0.3 is 4.90 Å². The summed E-state index contributed by atoms with van der Waals surface area (Å²) in [6.45, 7) is 5.15. The van der Waals surface area contributed by atoms with Crippen molar-refractivity contribution < 1.29 is 10.0 Å². The van der Waals surface area contributed by atoms with Gasteiger partial charge in [-0.15, -0.1) is 0 Å². The summed E-state index contributed by atoms with van der Waals surface area (Å²) in [7, 11) is 0. The summed E-state index contributed by atoms with van der Waals surface area (Å²) in [5.41, 5.74) is 3.62. The molecule has 2 fully saturated rings. The summed E-state index contributed by atoms with van der Waals surface area (Å²) >= 11 is 0. The smallest absolute Gasteiger partial charge is 0.277 e. The van der Waals surface area contributed by atoms with E-state index < -0.39 is 5.91 Å². The maximum absolute atomic E-state index is 11.4. The fourth-order valence-electron chi connectivity index (χ4n) is 5.01. The highest BCUT2D eigenvalue weighted by molar-refractivity contribution is 5.92. The third kappa shape index (κ3) is 4.11. The fraction of sp³-hybridized carbons (Fsp3) is 0.375. The lowest BCUT2D eigenvalue weighted by Gasteiger charge is -2.39. The molecule has 0 atom stereocenters. The van der Waals surface area contributed by atoms with Gasteiger partial charge in [-0.3, -0.25) is 14.9 Å². The van der Waals surface area contributed by atoms with Gasteiger partial charge in [0, 0.05) is 38.6 Å². The van der Waals surface area contributed by atoms with Gasteiger partial charge in [0.25, 0.3) is 5.91 Å². The zero-order valence-corrected chi connectivity index (χ0v) is 17.5. The minimum atomic E-state index is -0.596. The predicted molar refractivity (Wildman–Crippen MR) is 119 cm³/mol. The van der Waals surface area contributed by atoms with Crippen LogP contribution in [0, 0.1) is 5.41 Å². The second-order valence-corrected chi connectivity index (χ2v) is 8.84. The lowest BCUT2D eigenvalue weighted by molar-refractivity contribution is 0.0705. The minimum absolute atomic E-state index is 0.250. The van der Waals surface area contributed by atoms with Crippen LogP contribution in [0.1, 0.15) is 35.2 Å². The Morgan fingerprint density at radius 3 is 2.45 bits per heavy atom. The maximum atomic E-state index is 11.4. The second kappa shape index (κ2) is 8.24. The van der Waals surface area contributed by atoms with Crippen molar-refractivity contribution in [3.05, 3.63) is 66.0 Å². The number of likely N-dealkylation sites (tertiary alicyclic amines) is 1. The van der Waals surface area contributed by atoms with Crippen LogP contribution in [0.25, 0.3) is 10.8 Å². The molecule has 2 aliphatic rings. The first-order chi connectivity index (χ1) is 15.1. The van der Waals surface area contributed by atoms with Gasteiger partial charge in [0.15, 0.2) is 0 Å². The lowest BCUT2D eigenvalue weighted by Crippen LogP contribution is -2.42. The number of piperidine rings is 1. The Kier molecular flexibility index (Phi) is 5.29. The maximum Gasteiger partial charge on any atom is 0.277 e. The van der Waals surface area contributed by atoms with E-state index in [0.29, 0.717) is 11.4 Å². The van der Waals surface area contributed by atoms with Crippen LogP contribution >= 0.6 is 0 Å². The number of hydrogen-bond donors (Lipinski definition) is 2. The van der Waals surface area contributed by atoms with Gasteiger partial charge in [-0.2, -0.15) is 0 Å². The number of anilines is 1. The Hall–Kier alpha value is -3.03. The molecule has 2 aromatic carbocycles. The Balaban J connectivity index is 1.18. The van der Waals surface area contributed by atoms with E-state index in [9.17, 15) is 4.79 Å².